The highest BCUT2D eigenvalue weighted by molar-refractivity contribution is 6.36. The molecule has 8 nitrogen and oxygen atoms in total. The summed E-state index contributed by atoms with van der Waals surface area (Å²) < 4.78 is 10.7. The number of ether oxygens (including phenoxy) is 2. The number of hydrogen-bond acceptors (Lipinski definition) is 6. The van der Waals surface area contributed by atoms with Gasteiger partial charge in [0.15, 0.2) is 0 Å². The van der Waals surface area contributed by atoms with Gasteiger partial charge in [0.25, 0.3) is 11.8 Å². The van der Waals surface area contributed by atoms with Crippen LogP contribution in [0.15, 0.2) is 71.8 Å². The number of nitrogens with one attached hydrogen (secondary N) is 2. The van der Waals surface area contributed by atoms with Crippen molar-refractivity contribution in [3.8, 4) is 11.5 Å². The van der Waals surface area contributed by atoms with Gasteiger partial charge in [-0.3, -0.25) is 9.59 Å². The van der Waals surface area contributed by atoms with E-state index in [1.54, 1.807) is 48.5 Å². The van der Waals surface area contributed by atoms with Gasteiger partial charge < -0.3 is 14.8 Å². The van der Waals surface area contributed by atoms with E-state index in [4.69, 9.17) is 32.7 Å². The second-order valence-corrected chi connectivity index (χ2v) is 7.86. The second kappa shape index (κ2) is 12.5. The molecule has 2 amide bonds. The highest BCUT2D eigenvalue weighted by Crippen LogP contribution is 2.23. The van der Waals surface area contributed by atoms with E-state index in [0.717, 1.165) is 0 Å². The van der Waals surface area contributed by atoms with Crippen molar-refractivity contribution in [2.45, 2.75) is 6.92 Å². The molecule has 35 heavy (non-hydrogen) atoms. The number of hydrogen-bond donors (Lipinski definition) is 2. The van der Waals surface area contributed by atoms with Crippen LogP contribution < -0.4 is 20.2 Å². The van der Waals surface area contributed by atoms with Gasteiger partial charge in [0.2, 0.25) is 0 Å². The lowest BCUT2D eigenvalue weighted by Gasteiger charge is -2.07. The Hall–Kier alpha value is -3.88. The Morgan fingerprint density at radius 2 is 1.74 bits per heavy atom. The highest BCUT2D eigenvalue weighted by Gasteiger charge is 2.13. The van der Waals surface area contributed by atoms with Crippen LogP contribution in [-0.2, 0) is 4.79 Å². The van der Waals surface area contributed by atoms with E-state index in [0.29, 0.717) is 28.5 Å². The average Bonchev–Trinajstić information content (AvgIpc) is 2.83. The molecule has 0 aliphatic carbocycles. The zero-order valence-corrected chi connectivity index (χ0v) is 20.1. The van der Waals surface area contributed by atoms with E-state index in [-0.39, 0.29) is 22.9 Å². The summed E-state index contributed by atoms with van der Waals surface area (Å²) in [6, 6.07) is 17.6. The van der Waals surface area contributed by atoms with Gasteiger partial charge in [-0.15, -0.1) is 0 Å². The van der Waals surface area contributed by atoms with Crippen LogP contribution in [0, 0.1) is 0 Å². The van der Waals surface area contributed by atoms with E-state index in [1.165, 1.54) is 24.4 Å². The summed E-state index contributed by atoms with van der Waals surface area (Å²) in [6.45, 7) is 2.13. The number of hydrazone groups is 1. The van der Waals surface area contributed by atoms with Crippen LogP contribution in [0.4, 0.5) is 0 Å². The van der Waals surface area contributed by atoms with Crippen molar-refractivity contribution in [1.29, 1.82) is 0 Å². The van der Waals surface area contributed by atoms with E-state index < -0.39 is 17.8 Å². The van der Waals surface area contributed by atoms with Gasteiger partial charge in [-0.05, 0) is 67.1 Å². The fourth-order valence-electron chi connectivity index (χ4n) is 2.83. The molecule has 0 aliphatic heterocycles. The van der Waals surface area contributed by atoms with Gasteiger partial charge in [0, 0.05) is 10.6 Å². The monoisotopic (exact) mass is 513 g/mol. The van der Waals surface area contributed by atoms with E-state index in [1.807, 2.05) is 6.92 Å². The number of halogens is 2. The van der Waals surface area contributed by atoms with Gasteiger partial charge in [0.05, 0.1) is 30.0 Å². The molecule has 10 heteroatoms. The van der Waals surface area contributed by atoms with Crippen LogP contribution in [0.5, 0.6) is 11.5 Å². The van der Waals surface area contributed by atoms with Crippen LogP contribution in [0.1, 0.15) is 33.2 Å². The highest BCUT2D eigenvalue weighted by atomic mass is 35.5. The first kappa shape index (κ1) is 25.7. The summed E-state index contributed by atoms with van der Waals surface area (Å²) in [4.78, 5) is 36.5. The molecule has 3 aromatic carbocycles. The lowest BCUT2D eigenvalue weighted by atomic mass is 10.2. The van der Waals surface area contributed by atoms with Crippen LogP contribution in [0.25, 0.3) is 0 Å². The Bertz CT molecular complexity index is 1250. The topological polar surface area (TPSA) is 106 Å². The van der Waals surface area contributed by atoms with Crippen LogP contribution >= 0.6 is 23.2 Å². The molecule has 0 fully saturated rings. The minimum absolute atomic E-state index is 0.176. The smallest absolute Gasteiger partial charge is 0.345 e. The van der Waals surface area contributed by atoms with Crippen LogP contribution in [0.2, 0.25) is 10.0 Å². The fraction of sp³-hybridized carbons (Fsp3) is 0.120. The molecule has 0 aromatic heterocycles. The number of benzene rings is 3. The van der Waals surface area contributed by atoms with Gasteiger partial charge in [-0.2, -0.15) is 5.10 Å². The summed E-state index contributed by atoms with van der Waals surface area (Å²) in [6.07, 6.45) is 1.37. The summed E-state index contributed by atoms with van der Waals surface area (Å²) >= 11 is 11.9. The number of esters is 1. The molecule has 0 unspecified atom stereocenters. The minimum atomic E-state index is -0.641. The first-order chi connectivity index (χ1) is 16.9. The van der Waals surface area contributed by atoms with Gasteiger partial charge in [0.1, 0.15) is 11.5 Å². The van der Waals surface area contributed by atoms with Crippen molar-refractivity contribution < 1.29 is 23.9 Å². The van der Waals surface area contributed by atoms with Crippen LogP contribution in [0.3, 0.4) is 0 Å². The predicted octanol–water partition coefficient (Wildman–Crippen LogP) is 4.49. The van der Waals surface area contributed by atoms with E-state index in [2.05, 4.69) is 15.8 Å². The maximum atomic E-state index is 12.4. The predicted molar refractivity (Wildman–Crippen MR) is 134 cm³/mol. The molecule has 0 atom stereocenters. The molecule has 3 aromatic rings. The zero-order chi connectivity index (χ0) is 25.2. The maximum Gasteiger partial charge on any atom is 0.345 e. The number of amides is 2. The third-order valence-electron chi connectivity index (χ3n) is 4.46. The molecule has 0 radical (unpaired) electrons. The van der Waals surface area contributed by atoms with Crippen LogP contribution in [-0.4, -0.2) is 37.1 Å². The molecule has 180 valence electrons. The third kappa shape index (κ3) is 7.84. The van der Waals surface area contributed by atoms with Crippen molar-refractivity contribution in [3.05, 3.63) is 93.5 Å². The Morgan fingerprint density at radius 1 is 0.971 bits per heavy atom. The quantitative estimate of drug-likeness (QED) is 0.190. The number of carbonyl (C=O) groups is 3. The largest absolute Gasteiger partial charge is 0.494 e. The Morgan fingerprint density at radius 3 is 2.46 bits per heavy atom. The standard InChI is InChI=1S/C25H21Cl2N3O5/c1-2-34-19-9-6-17(7-10-19)24(32)28-15-23(31)30-29-14-16-4-3-5-20(12-16)35-25(33)21-11-8-18(26)13-22(21)27/h3-14H,2,15H2,1H3,(H,28,32)(H,30,31)/b29-14+. The Balaban J connectivity index is 1.49. The lowest BCUT2D eigenvalue weighted by Crippen LogP contribution is -2.34. The molecule has 0 spiro atoms. The molecule has 0 heterocycles. The van der Waals surface area contributed by atoms with Gasteiger partial charge >= 0.3 is 5.97 Å². The van der Waals surface area contributed by atoms with E-state index in [9.17, 15) is 14.4 Å². The number of nitrogens with zero attached hydrogens (tertiary/aromatic N) is 1. The molecule has 0 saturated carbocycles. The third-order valence-corrected chi connectivity index (χ3v) is 5.01. The molecular formula is C25H21Cl2N3O5. The lowest BCUT2D eigenvalue weighted by molar-refractivity contribution is -0.120. The summed E-state index contributed by atoms with van der Waals surface area (Å²) in [7, 11) is 0. The van der Waals surface area contributed by atoms with Crippen molar-refractivity contribution in [2.24, 2.45) is 5.10 Å². The van der Waals surface area contributed by atoms with Crippen molar-refractivity contribution in [3.63, 3.8) is 0 Å². The molecule has 0 bridgehead atoms. The van der Waals surface area contributed by atoms with Crippen molar-refractivity contribution in [1.82, 2.24) is 10.7 Å². The molecule has 2 N–H and O–H groups in total. The minimum Gasteiger partial charge on any atom is -0.494 e. The Labute approximate surface area is 211 Å². The fourth-order valence-corrected chi connectivity index (χ4v) is 3.31. The van der Waals surface area contributed by atoms with Crippen molar-refractivity contribution >= 4 is 47.2 Å². The summed E-state index contributed by atoms with van der Waals surface area (Å²) in [5.74, 6) is -0.636. The van der Waals surface area contributed by atoms with Gasteiger partial charge in [-0.1, -0.05) is 35.3 Å². The summed E-state index contributed by atoms with van der Waals surface area (Å²) in [5.41, 5.74) is 3.46. The normalized spacial score (nSPS) is 10.6. The Kier molecular flexibility index (Phi) is 9.23. The molecule has 0 saturated heterocycles. The second-order valence-electron chi connectivity index (χ2n) is 7.02. The maximum absolute atomic E-state index is 12.4. The molecular weight excluding hydrogens is 493 g/mol. The SMILES string of the molecule is CCOc1ccc(C(=O)NCC(=O)N/N=C/c2cccc(OC(=O)c3ccc(Cl)cc3Cl)c2)cc1. The van der Waals surface area contributed by atoms with Gasteiger partial charge in [-0.25, -0.2) is 10.2 Å². The first-order valence-electron chi connectivity index (χ1n) is 10.5. The number of rotatable bonds is 9. The molecule has 0 aliphatic rings. The average molecular weight is 514 g/mol. The molecule has 3 rings (SSSR count). The first-order valence-corrected chi connectivity index (χ1v) is 11.2. The number of carbonyl (C=O) groups excluding carboxylic acids is 3. The summed E-state index contributed by atoms with van der Waals surface area (Å²) in [5, 5.41) is 6.95. The van der Waals surface area contributed by atoms with E-state index >= 15 is 0 Å². The van der Waals surface area contributed by atoms with Crippen molar-refractivity contribution in [2.75, 3.05) is 13.2 Å². The zero-order valence-electron chi connectivity index (χ0n) is 18.6.